The van der Waals surface area contributed by atoms with E-state index >= 15 is 0 Å². The molecule has 4 heteroatoms. The van der Waals surface area contributed by atoms with E-state index in [2.05, 4.69) is 41.7 Å². The Morgan fingerprint density at radius 2 is 0.968 bits per heavy atom. The molecule has 31 heavy (non-hydrogen) atoms. The normalized spacial score (nSPS) is 12.0. The summed E-state index contributed by atoms with van der Waals surface area (Å²) in [6.07, 6.45) is 0.890. The van der Waals surface area contributed by atoms with E-state index < -0.39 is 13.0 Å². The van der Waals surface area contributed by atoms with Gasteiger partial charge in [0.25, 0.3) is 5.91 Å². The average Bonchev–Trinajstić information content (AvgIpc) is 2.86. The molecular formula is C27H23NO2P+. The third-order valence-corrected chi connectivity index (χ3v) is 9.77. The molecule has 1 unspecified atom stereocenters. The maximum Gasteiger partial charge on any atom is 0.254 e. The van der Waals surface area contributed by atoms with Crippen molar-refractivity contribution in [1.82, 2.24) is 5.32 Å². The van der Waals surface area contributed by atoms with Crippen LogP contribution in [0.15, 0.2) is 121 Å². The van der Waals surface area contributed by atoms with Crippen LogP contribution >= 0.6 is 7.26 Å². The van der Waals surface area contributed by atoms with Gasteiger partial charge in [-0.15, -0.1) is 0 Å². The van der Waals surface area contributed by atoms with E-state index in [0.29, 0.717) is 5.56 Å². The lowest BCUT2D eigenvalue weighted by molar-refractivity contribution is -0.107. The summed E-state index contributed by atoms with van der Waals surface area (Å²) in [5.74, 6) is -0.975. The number of hydrogen-bond donors (Lipinski definition) is 1. The summed E-state index contributed by atoms with van der Waals surface area (Å²) in [5, 5.41) is 6.18. The topological polar surface area (TPSA) is 46.2 Å². The van der Waals surface area contributed by atoms with Gasteiger partial charge < -0.3 is 5.32 Å². The number of benzene rings is 4. The zero-order valence-corrected chi connectivity index (χ0v) is 17.9. The Balaban J connectivity index is 1.94. The third-order valence-electron chi connectivity index (χ3n) is 5.35. The summed E-state index contributed by atoms with van der Waals surface area (Å²) in [7, 11) is -2.54. The molecular weight excluding hydrogens is 401 g/mol. The number of carbonyl (C=O) groups excluding carboxylic acids is 2. The largest absolute Gasteiger partial charge is 0.310 e. The summed E-state index contributed by atoms with van der Waals surface area (Å²) >= 11 is 0. The number of carbonyl (C=O) groups is 2. The van der Waals surface area contributed by atoms with Crippen LogP contribution in [-0.4, -0.2) is 18.0 Å². The molecule has 0 radical (unpaired) electrons. The van der Waals surface area contributed by atoms with Gasteiger partial charge in [0.15, 0.2) is 6.29 Å². The second-order valence-corrected chi connectivity index (χ2v) is 10.7. The molecule has 4 aromatic carbocycles. The van der Waals surface area contributed by atoms with Crippen LogP contribution in [0.25, 0.3) is 0 Å². The molecule has 4 rings (SSSR count). The van der Waals surface area contributed by atoms with Crippen LogP contribution in [0.3, 0.4) is 0 Å². The van der Waals surface area contributed by atoms with Crippen LogP contribution in [0, 0.1) is 0 Å². The molecule has 0 aromatic heterocycles. The van der Waals surface area contributed by atoms with Gasteiger partial charge in [0.1, 0.15) is 23.2 Å². The Hall–Kier alpha value is -3.55. The van der Waals surface area contributed by atoms with E-state index in [-0.39, 0.29) is 5.91 Å². The Labute approximate surface area is 183 Å². The summed E-state index contributed by atoms with van der Waals surface area (Å²) in [6, 6.07) is 39.1. The Kier molecular flexibility index (Phi) is 6.35. The van der Waals surface area contributed by atoms with Crippen molar-refractivity contribution in [2.75, 3.05) is 0 Å². The molecule has 4 aromatic rings. The number of nitrogens with one attached hydrogen (secondary N) is 1. The number of amides is 1. The molecule has 0 saturated heterocycles. The van der Waals surface area contributed by atoms with Gasteiger partial charge in [-0.25, -0.2) is 0 Å². The molecule has 152 valence electrons. The van der Waals surface area contributed by atoms with E-state index in [1.54, 1.807) is 12.1 Å². The first-order valence-corrected chi connectivity index (χ1v) is 12.0. The molecule has 3 nitrogen and oxygen atoms in total. The monoisotopic (exact) mass is 424 g/mol. The zero-order chi connectivity index (χ0) is 21.5. The Morgan fingerprint density at radius 1 is 0.613 bits per heavy atom. The van der Waals surface area contributed by atoms with Crippen molar-refractivity contribution in [2.45, 2.75) is 5.78 Å². The van der Waals surface area contributed by atoms with Crippen molar-refractivity contribution in [3.05, 3.63) is 127 Å². The lowest BCUT2D eigenvalue weighted by Gasteiger charge is -2.32. The first-order valence-electron chi connectivity index (χ1n) is 10.1. The highest BCUT2D eigenvalue weighted by molar-refractivity contribution is 7.96. The molecule has 1 N–H and O–H groups in total. The van der Waals surface area contributed by atoms with Gasteiger partial charge in [-0.1, -0.05) is 72.8 Å². The maximum atomic E-state index is 13.1. The highest BCUT2D eigenvalue weighted by atomic mass is 31.2. The lowest BCUT2D eigenvalue weighted by atomic mass is 10.2. The van der Waals surface area contributed by atoms with Gasteiger partial charge in [-0.05, 0) is 48.5 Å². The minimum atomic E-state index is -2.54. The standard InChI is InChI=1S/C27H22NO2P/c29-21-26(28-27(30)22-13-5-1-6-14-22)31(23-15-7-2-8-16-23,24-17-9-3-10-18-24)25-19-11-4-12-20-25/h1-21,26H/p+1. The average molecular weight is 424 g/mol. The maximum absolute atomic E-state index is 13.1. The molecule has 0 aliphatic carbocycles. The predicted molar refractivity (Wildman–Crippen MR) is 129 cm³/mol. The van der Waals surface area contributed by atoms with Crippen molar-refractivity contribution >= 4 is 35.4 Å². The highest BCUT2D eigenvalue weighted by Crippen LogP contribution is 2.58. The summed E-state index contributed by atoms with van der Waals surface area (Å²) in [5.41, 5.74) is 0.529. The number of aldehydes is 1. The van der Waals surface area contributed by atoms with Gasteiger partial charge in [-0.3, -0.25) is 9.59 Å². The summed E-state index contributed by atoms with van der Waals surface area (Å²) in [6.45, 7) is 0. The minimum Gasteiger partial charge on any atom is -0.310 e. The summed E-state index contributed by atoms with van der Waals surface area (Å²) in [4.78, 5) is 25.8. The Bertz CT molecular complexity index is 1040. The molecule has 0 aliphatic heterocycles. The minimum absolute atomic E-state index is 0.259. The van der Waals surface area contributed by atoms with Crippen LogP contribution < -0.4 is 21.2 Å². The molecule has 0 bridgehead atoms. The van der Waals surface area contributed by atoms with Crippen molar-refractivity contribution in [2.24, 2.45) is 0 Å². The zero-order valence-electron chi connectivity index (χ0n) is 17.0. The van der Waals surface area contributed by atoms with E-state index in [1.807, 2.05) is 72.8 Å². The molecule has 1 atom stereocenters. The highest BCUT2D eigenvalue weighted by Gasteiger charge is 2.53. The quantitative estimate of drug-likeness (QED) is 0.361. The molecule has 0 heterocycles. The van der Waals surface area contributed by atoms with Gasteiger partial charge in [0, 0.05) is 5.56 Å². The SMILES string of the molecule is O=CC(NC(=O)c1ccccc1)[P+](c1ccccc1)(c1ccccc1)c1ccccc1. The van der Waals surface area contributed by atoms with Crippen LogP contribution in [0.1, 0.15) is 10.4 Å². The van der Waals surface area contributed by atoms with Crippen molar-refractivity contribution in [3.8, 4) is 0 Å². The molecule has 0 fully saturated rings. The van der Waals surface area contributed by atoms with E-state index in [9.17, 15) is 9.59 Å². The second kappa shape index (κ2) is 9.51. The molecule has 0 aliphatic rings. The van der Waals surface area contributed by atoms with E-state index in [4.69, 9.17) is 0 Å². The number of rotatable bonds is 7. The van der Waals surface area contributed by atoms with Crippen molar-refractivity contribution in [1.29, 1.82) is 0 Å². The molecule has 1 amide bonds. The Morgan fingerprint density at radius 3 is 1.32 bits per heavy atom. The van der Waals surface area contributed by atoms with Gasteiger partial charge in [0.2, 0.25) is 5.78 Å². The third kappa shape index (κ3) is 4.05. The lowest BCUT2D eigenvalue weighted by Crippen LogP contribution is -2.48. The second-order valence-electron chi connectivity index (χ2n) is 7.15. The van der Waals surface area contributed by atoms with Crippen LogP contribution in [0.5, 0.6) is 0 Å². The van der Waals surface area contributed by atoms with Gasteiger partial charge in [0.05, 0.1) is 0 Å². The number of hydrogen-bond acceptors (Lipinski definition) is 2. The van der Waals surface area contributed by atoms with E-state index in [1.165, 1.54) is 0 Å². The van der Waals surface area contributed by atoms with E-state index in [0.717, 1.165) is 22.2 Å². The fourth-order valence-electron chi connectivity index (χ4n) is 3.95. The van der Waals surface area contributed by atoms with Gasteiger partial charge in [-0.2, -0.15) is 0 Å². The van der Waals surface area contributed by atoms with Gasteiger partial charge >= 0.3 is 0 Å². The van der Waals surface area contributed by atoms with Crippen molar-refractivity contribution in [3.63, 3.8) is 0 Å². The van der Waals surface area contributed by atoms with Crippen LogP contribution in [-0.2, 0) is 4.79 Å². The molecule has 0 saturated carbocycles. The van der Waals surface area contributed by atoms with Crippen LogP contribution in [0.2, 0.25) is 0 Å². The molecule has 0 spiro atoms. The smallest absolute Gasteiger partial charge is 0.254 e. The first kappa shape index (κ1) is 20.7. The van der Waals surface area contributed by atoms with Crippen LogP contribution in [0.4, 0.5) is 0 Å². The fraction of sp³-hybridized carbons (Fsp3) is 0.0370. The summed E-state index contributed by atoms with van der Waals surface area (Å²) < 4.78 is 0. The first-order chi connectivity index (χ1) is 15.3. The van der Waals surface area contributed by atoms with Crippen molar-refractivity contribution < 1.29 is 9.59 Å². The predicted octanol–water partition coefficient (Wildman–Crippen LogP) is 3.94. The fourth-order valence-corrected chi connectivity index (χ4v) is 8.23.